The van der Waals surface area contributed by atoms with E-state index in [0.717, 1.165) is 44.6 Å². The summed E-state index contributed by atoms with van der Waals surface area (Å²) in [4.78, 5) is 20.7. The molecule has 0 aliphatic carbocycles. The van der Waals surface area contributed by atoms with Crippen LogP contribution in [0.15, 0.2) is 0 Å². The SMILES string of the molecule is CCCc1nc(C(=O)N(C)C2CCN(C)CC2)n[nH]1. The number of hydrogen-bond acceptors (Lipinski definition) is 4. The van der Waals surface area contributed by atoms with E-state index in [1.165, 1.54) is 0 Å². The summed E-state index contributed by atoms with van der Waals surface area (Å²) in [6.07, 6.45) is 3.86. The van der Waals surface area contributed by atoms with Crippen molar-refractivity contribution in [3.8, 4) is 0 Å². The maximum absolute atomic E-state index is 12.3. The molecule has 2 rings (SSSR count). The number of rotatable bonds is 4. The zero-order valence-electron chi connectivity index (χ0n) is 12.0. The van der Waals surface area contributed by atoms with E-state index < -0.39 is 0 Å². The van der Waals surface area contributed by atoms with Crippen molar-refractivity contribution in [3.63, 3.8) is 0 Å². The highest BCUT2D eigenvalue weighted by Crippen LogP contribution is 2.15. The van der Waals surface area contributed by atoms with Gasteiger partial charge in [-0.1, -0.05) is 6.92 Å². The minimum Gasteiger partial charge on any atom is -0.336 e. The second-order valence-corrected chi connectivity index (χ2v) is 5.31. The van der Waals surface area contributed by atoms with Crippen LogP contribution in [0.4, 0.5) is 0 Å². The lowest BCUT2D eigenvalue weighted by Crippen LogP contribution is -2.44. The summed E-state index contributed by atoms with van der Waals surface area (Å²) < 4.78 is 0. The fourth-order valence-corrected chi connectivity index (χ4v) is 2.45. The van der Waals surface area contributed by atoms with Crippen LogP contribution in [0.1, 0.15) is 42.6 Å². The number of aromatic amines is 1. The predicted molar refractivity (Wildman–Crippen MR) is 73.0 cm³/mol. The maximum atomic E-state index is 12.3. The summed E-state index contributed by atoms with van der Waals surface area (Å²) in [5.41, 5.74) is 0. The van der Waals surface area contributed by atoms with Crippen molar-refractivity contribution in [1.29, 1.82) is 0 Å². The second kappa shape index (κ2) is 6.14. The topological polar surface area (TPSA) is 65.1 Å². The molecular formula is C13H23N5O. The van der Waals surface area contributed by atoms with Gasteiger partial charge in [-0.2, -0.15) is 0 Å². The van der Waals surface area contributed by atoms with Gasteiger partial charge in [0, 0.05) is 19.5 Å². The monoisotopic (exact) mass is 265 g/mol. The third-order valence-corrected chi connectivity index (χ3v) is 3.77. The van der Waals surface area contributed by atoms with E-state index in [9.17, 15) is 4.79 Å². The van der Waals surface area contributed by atoms with E-state index in [1.807, 2.05) is 7.05 Å². The zero-order valence-corrected chi connectivity index (χ0v) is 12.0. The number of carbonyl (C=O) groups is 1. The van der Waals surface area contributed by atoms with Gasteiger partial charge in [0.05, 0.1) is 0 Å². The number of hydrogen-bond donors (Lipinski definition) is 1. The largest absolute Gasteiger partial charge is 0.336 e. The molecule has 1 aliphatic heterocycles. The molecule has 1 aliphatic rings. The van der Waals surface area contributed by atoms with Crippen LogP contribution in [0.3, 0.4) is 0 Å². The number of H-pyrrole nitrogens is 1. The van der Waals surface area contributed by atoms with Crippen LogP contribution >= 0.6 is 0 Å². The van der Waals surface area contributed by atoms with Gasteiger partial charge in [-0.05, 0) is 39.4 Å². The standard InChI is InChI=1S/C13H23N5O/c1-4-5-11-14-12(16-15-11)13(19)18(3)10-6-8-17(2)9-7-10/h10H,4-9H2,1-3H3,(H,14,15,16). The first-order valence-electron chi connectivity index (χ1n) is 6.98. The first-order valence-corrected chi connectivity index (χ1v) is 6.98. The summed E-state index contributed by atoms with van der Waals surface area (Å²) in [6.45, 7) is 4.16. The summed E-state index contributed by atoms with van der Waals surface area (Å²) >= 11 is 0. The Hall–Kier alpha value is -1.43. The van der Waals surface area contributed by atoms with Crippen molar-refractivity contribution in [2.75, 3.05) is 27.2 Å². The number of amides is 1. The molecule has 0 aromatic carbocycles. The Morgan fingerprint density at radius 3 is 2.79 bits per heavy atom. The van der Waals surface area contributed by atoms with Crippen LogP contribution in [0, 0.1) is 0 Å². The fraction of sp³-hybridized carbons (Fsp3) is 0.769. The molecule has 6 nitrogen and oxygen atoms in total. The Balaban J connectivity index is 1.97. The van der Waals surface area contributed by atoms with Crippen molar-refractivity contribution >= 4 is 5.91 Å². The molecule has 19 heavy (non-hydrogen) atoms. The number of carbonyl (C=O) groups excluding carboxylic acids is 1. The Bertz CT molecular complexity index is 422. The normalized spacial score (nSPS) is 17.6. The Kier molecular flexibility index (Phi) is 4.52. The van der Waals surface area contributed by atoms with Gasteiger partial charge in [0.25, 0.3) is 5.91 Å². The van der Waals surface area contributed by atoms with Gasteiger partial charge in [0.1, 0.15) is 5.82 Å². The smallest absolute Gasteiger partial charge is 0.293 e. The third-order valence-electron chi connectivity index (χ3n) is 3.77. The van der Waals surface area contributed by atoms with Gasteiger partial charge in [0.2, 0.25) is 5.82 Å². The van der Waals surface area contributed by atoms with Crippen LogP contribution in [0.2, 0.25) is 0 Å². The van der Waals surface area contributed by atoms with Crippen molar-refractivity contribution in [3.05, 3.63) is 11.6 Å². The minimum absolute atomic E-state index is 0.0758. The van der Waals surface area contributed by atoms with Crippen molar-refractivity contribution in [2.24, 2.45) is 0 Å². The van der Waals surface area contributed by atoms with Gasteiger partial charge in [-0.3, -0.25) is 9.89 Å². The number of likely N-dealkylation sites (tertiary alicyclic amines) is 1. The van der Waals surface area contributed by atoms with E-state index in [1.54, 1.807) is 4.90 Å². The zero-order chi connectivity index (χ0) is 13.8. The lowest BCUT2D eigenvalue weighted by molar-refractivity contribution is 0.0648. The lowest BCUT2D eigenvalue weighted by Gasteiger charge is -2.34. The molecule has 1 fully saturated rings. The molecule has 0 spiro atoms. The van der Waals surface area contributed by atoms with E-state index in [0.29, 0.717) is 11.9 Å². The van der Waals surface area contributed by atoms with E-state index in [2.05, 4.69) is 34.1 Å². The Morgan fingerprint density at radius 2 is 2.16 bits per heavy atom. The average Bonchev–Trinajstić information content (AvgIpc) is 2.87. The number of aromatic nitrogens is 3. The van der Waals surface area contributed by atoms with E-state index in [4.69, 9.17) is 0 Å². The molecule has 0 unspecified atom stereocenters. The number of nitrogens with zero attached hydrogens (tertiary/aromatic N) is 4. The number of nitrogens with one attached hydrogen (secondary N) is 1. The molecule has 0 bridgehead atoms. The molecule has 106 valence electrons. The van der Waals surface area contributed by atoms with Gasteiger partial charge < -0.3 is 9.80 Å². The van der Waals surface area contributed by atoms with Gasteiger partial charge in [-0.15, -0.1) is 5.10 Å². The molecule has 0 atom stereocenters. The molecule has 6 heteroatoms. The first kappa shape index (κ1) is 14.0. The summed E-state index contributed by atoms with van der Waals surface area (Å²) in [5, 5.41) is 6.86. The van der Waals surface area contributed by atoms with E-state index in [-0.39, 0.29) is 5.91 Å². The van der Waals surface area contributed by atoms with Crippen LogP contribution in [-0.4, -0.2) is 64.1 Å². The molecular weight excluding hydrogens is 242 g/mol. The number of piperidine rings is 1. The van der Waals surface area contributed by atoms with Crippen LogP contribution in [0.5, 0.6) is 0 Å². The Morgan fingerprint density at radius 1 is 1.47 bits per heavy atom. The molecule has 0 saturated carbocycles. The third kappa shape index (κ3) is 3.32. The van der Waals surface area contributed by atoms with Crippen molar-refractivity contribution < 1.29 is 4.79 Å². The molecule has 2 heterocycles. The first-order chi connectivity index (χ1) is 9.11. The van der Waals surface area contributed by atoms with Gasteiger partial charge in [-0.25, -0.2) is 4.98 Å². The highest BCUT2D eigenvalue weighted by molar-refractivity contribution is 5.90. The maximum Gasteiger partial charge on any atom is 0.293 e. The van der Waals surface area contributed by atoms with Crippen LogP contribution in [-0.2, 0) is 6.42 Å². The highest BCUT2D eigenvalue weighted by Gasteiger charge is 2.26. The second-order valence-electron chi connectivity index (χ2n) is 5.31. The summed E-state index contributed by atoms with van der Waals surface area (Å²) in [7, 11) is 3.97. The fourth-order valence-electron chi connectivity index (χ4n) is 2.45. The summed E-state index contributed by atoms with van der Waals surface area (Å²) in [5.74, 6) is 1.01. The van der Waals surface area contributed by atoms with Crippen molar-refractivity contribution in [2.45, 2.75) is 38.6 Å². The highest BCUT2D eigenvalue weighted by atomic mass is 16.2. The van der Waals surface area contributed by atoms with Crippen LogP contribution < -0.4 is 0 Å². The average molecular weight is 265 g/mol. The van der Waals surface area contributed by atoms with Gasteiger partial charge >= 0.3 is 0 Å². The summed E-state index contributed by atoms with van der Waals surface area (Å²) in [6, 6.07) is 0.303. The van der Waals surface area contributed by atoms with Gasteiger partial charge in [0.15, 0.2) is 0 Å². The molecule has 1 saturated heterocycles. The van der Waals surface area contributed by atoms with Crippen molar-refractivity contribution in [1.82, 2.24) is 25.0 Å². The van der Waals surface area contributed by atoms with E-state index >= 15 is 0 Å². The molecule has 1 amide bonds. The lowest BCUT2D eigenvalue weighted by atomic mass is 10.0. The van der Waals surface area contributed by atoms with Crippen LogP contribution in [0.25, 0.3) is 0 Å². The quantitative estimate of drug-likeness (QED) is 0.879. The molecule has 1 aromatic rings. The predicted octanol–water partition coefficient (Wildman–Crippen LogP) is 0.923. The molecule has 1 aromatic heterocycles. The number of aryl methyl sites for hydroxylation is 1. The Labute approximate surface area is 114 Å². The minimum atomic E-state index is -0.0758. The molecule has 0 radical (unpaired) electrons. The molecule has 1 N–H and O–H groups in total.